The number of halogens is 2. The van der Waals surface area contributed by atoms with E-state index in [4.69, 9.17) is 4.74 Å². The molecule has 0 radical (unpaired) electrons. The molecule has 2 aromatic rings. The summed E-state index contributed by atoms with van der Waals surface area (Å²) in [6, 6.07) is 16.6. The van der Waals surface area contributed by atoms with E-state index in [2.05, 4.69) is 52.4 Å². The molecule has 0 bridgehead atoms. The van der Waals surface area contributed by atoms with Gasteiger partial charge in [0, 0.05) is 6.54 Å². The van der Waals surface area contributed by atoms with Crippen molar-refractivity contribution in [1.29, 1.82) is 0 Å². The average Bonchev–Trinajstić information content (AvgIpc) is 2.61. The summed E-state index contributed by atoms with van der Waals surface area (Å²) in [5, 5.41) is 3.52. The zero-order valence-electron chi connectivity index (χ0n) is 15.0. The van der Waals surface area contributed by atoms with Crippen molar-refractivity contribution in [3.05, 3.63) is 64.1 Å². The van der Waals surface area contributed by atoms with Gasteiger partial charge >= 0.3 is 0 Å². The maximum absolute atomic E-state index is 5.89. The van der Waals surface area contributed by atoms with Gasteiger partial charge in [-0.2, -0.15) is 0 Å². The number of benzene rings is 2. The lowest BCUT2D eigenvalue weighted by atomic mass is 10.1. The Labute approximate surface area is 166 Å². The van der Waals surface area contributed by atoms with Gasteiger partial charge in [0.2, 0.25) is 0 Å². The monoisotopic (exact) mass is 425 g/mol. The molecule has 2 nitrogen and oxygen atoms in total. The Morgan fingerprint density at radius 2 is 1.68 bits per heavy atom. The SMILES string of the molecule is CCCCCCCNCc1ccc(OCc2ccccc2)c(Br)c1.Cl. The molecule has 0 aliphatic carbocycles. The number of nitrogens with one attached hydrogen (secondary N) is 1. The molecule has 2 aromatic carbocycles. The summed E-state index contributed by atoms with van der Waals surface area (Å²) in [5.41, 5.74) is 2.46. The van der Waals surface area contributed by atoms with Crippen LogP contribution in [0, 0.1) is 0 Å². The molecule has 0 aromatic heterocycles. The Morgan fingerprint density at radius 1 is 0.920 bits per heavy atom. The van der Waals surface area contributed by atoms with Crippen LogP contribution < -0.4 is 10.1 Å². The molecule has 0 saturated carbocycles. The van der Waals surface area contributed by atoms with Crippen LogP contribution in [-0.2, 0) is 13.2 Å². The van der Waals surface area contributed by atoms with Crippen molar-refractivity contribution in [3.8, 4) is 5.75 Å². The molecule has 0 atom stereocenters. The summed E-state index contributed by atoms with van der Waals surface area (Å²) in [4.78, 5) is 0. The first-order valence-corrected chi connectivity index (χ1v) is 9.74. The van der Waals surface area contributed by atoms with Crippen LogP contribution in [0.2, 0.25) is 0 Å². The van der Waals surface area contributed by atoms with Crippen molar-refractivity contribution >= 4 is 28.3 Å². The molecule has 25 heavy (non-hydrogen) atoms. The van der Waals surface area contributed by atoms with Gasteiger partial charge in [-0.25, -0.2) is 0 Å². The molecule has 0 saturated heterocycles. The third kappa shape index (κ3) is 8.75. The van der Waals surface area contributed by atoms with E-state index in [9.17, 15) is 0 Å². The number of hydrogen-bond acceptors (Lipinski definition) is 2. The Bertz CT molecular complexity index is 592. The maximum atomic E-state index is 5.89. The molecule has 0 aliphatic rings. The largest absolute Gasteiger partial charge is 0.488 e. The molecule has 4 heteroatoms. The molecule has 138 valence electrons. The van der Waals surface area contributed by atoms with Crippen molar-refractivity contribution in [2.24, 2.45) is 0 Å². The highest BCUT2D eigenvalue weighted by atomic mass is 79.9. The van der Waals surface area contributed by atoms with Crippen molar-refractivity contribution < 1.29 is 4.74 Å². The second kappa shape index (κ2) is 13.2. The molecular formula is C21H29BrClNO. The zero-order valence-corrected chi connectivity index (χ0v) is 17.4. The van der Waals surface area contributed by atoms with E-state index < -0.39 is 0 Å². The Hall–Kier alpha value is -1.03. The third-order valence-corrected chi connectivity index (χ3v) is 4.64. The van der Waals surface area contributed by atoms with Gasteiger partial charge in [-0.1, -0.05) is 69.0 Å². The fourth-order valence-corrected chi connectivity index (χ4v) is 3.13. The van der Waals surface area contributed by atoms with Crippen molar-refractivity contribution in [3.63, 3.8) is 0 Å². The predicted molar refractivity (Wildman–Crippen MR) is 113 cm³/mol. The lowest BCUT2D eigenvalue weighted by molar-refractivity contribution is 0.304. The van der Waals surface area contributed by atoms with Crippen LogP contribution in [0.4, 0.5) is 0 Å². The van der Waals surface area contributed by atoms with Crippen LogP contribution >= 0.6 is 28.3 Å². The fourth-order valence-electron chi connectivity index (χ4n) is 2.59. The van der Waals surface area contributed by atoms with Crippen LogP contribution in [0.1, 0.15) is 50.2 Å². The van der Waals surface area contributed by atoms with E-state index in [0.29, 0.717) is 6.61 Å². The van der Waals surface area contributed by atoms with Crippen molar-refractivity contribution in [1.82, 2.24) is 5.32 Å². The van der Waals surface area contributed by atoms with E-state index in [0.717, 1.165) is 23.3 Å². The van der Waals surface area contributed by atoms with Gasteiger partial charge in [0.15, 0.2) is 0 Å². The normalized spacial score (nSPS) is 10.3. The van der Waals surface area contributed by atoms with Crippen LogP contribution in [0.3, 0.4) is 0 Å². The van der Waals surface area contributed by atoms with Gasteiger partial charge in [0.25, 0.3) is 0 Å². The van der Waals surface area contributed by atoms with E-state index in [1.807, 2.05) is 24.3 Å². The lowest BCUT2D eigenvalue weighted by Gasteiger charge is -2.10. The minimum absolute atomic E-state index is 0. The quantitative estimate of drug-likeness (QED) is 0.413. The Morgan fingerprint density at radius 3 is 2.40 bits per heavy atom. The highest BCUT2D eigenvalue weighted by Crippen LogP contribution is 2.26. The molecule has 0 heterocycles. The minimum Gasteiger partial charge on any atom is -0.488 e. The number of unbranched alkanes of at least 4 members (excludes halogenated alkanes) is 4. The molecule has 0 spiro atoms. The van der Waals surface area contributed by atoms with E-state index in [1.165, 1.54) is 43.2 Å². The summed E-state index contributed by atoms with van der Waals surface area (Å²) in [6.07, 6.45) is 6.62. The second-order valence-electron chi connectivity index (χ2n) is 6.13. The van der Waals surface area contributed by atoms with Crippen LogP contribution in [0.25, 0.3) is 0 Å². The summed E-state index contributed by atoms with van der Waals surface area (Å²) >= 11 is 3.62. The van der Waals surface area contributed by atoms with E-state index in [1.54, 1.807) is 0 Å². The Kier molecular flexibility index (Phi) is 11.6. The lowest BCUT2D eigenvalue weighted by Crippen LogP contribution is -2.14. The first-order chi connectivity index (χ1) is 11.8. The van der Waals surface area contributed by atoms with Gasteiger partial charge in [-0.05, 0) is 52.2 Å². The Balaban J connectivity index is 0.00000312. The number of ether oxygens (including phenoxy) is 1. The van der Waals surface area contributed by atoms with Gasteiger partial charge in [-0.3, -0.25) is 0 Å². The van der Waals surface area contributed by atoms with Crippen LogP contribution in [0.5, 0.6) is 5.75 Å². The smallest absolute Gasteiger partial charge is 0.134 e. The summed E-state index contributed by atoms with van der Waals surface area (Å²) in [5.74, 6) is 0.891. The first-order valence-electron chi connectivity index (χ1n) is 8.95. The molecule has 0 amide bonds. The van der Waals surface area contributed by atoms with E-state index in [-0.39, 0.29) is 12.4 Å². The van der Waals surface area contributed by atoms with Crippen LogP contribution in [0.15, 0.2) is 53.0 Å². The fraction of sp³-hybridized carbons (Fsp3) is 0.429. The first kappa shape index (κ1) is 22.0. The molecule has 0 aliphatic heterocycles. The highest BCUT2D eigenvalue weighted by Gasteiger charge is 2.03. The third-order valence-electron chi connectivity index (χ3n) is 4.02. The molecule has 0 unspecified atom stereocenters. The summed E-state index contributed by atoms with van der Waals surface area (Å²) in [6.45, 7) is 4.84. The molecule has 1 N–H and O–H groups in total. The molecular weight excluding hydrogens is 398 g/mol. The van der Waals surface area contributed by atoms with Gasteiger partial charge in [0.05, 0.1) is 4.47 Å². The zero-order chi connectivity index (χ0) is 17.0. The second-order valence-corrected chi connectivity index (χ2v) is 6.98. The molecule has 2 rings (SSSR count). The minimum atomic E-state index is 0. The summed E-state index contributed by atoms with van der Waals surface area (Å²) in [7, 11) is 0. The topological polar surface area (TPSA) is 21.3 Å². The van der Waals surface area contributed by atoms with Crippen molar-refractivity contribution in [2.45, 2.75) is 52.2 Å². The predicted octanol–water partition coefficient (Wildman–Crippen LogP) is 6.51. The van der Waals surface area contributed by atoms with Gasteiger partial charge in [0.1, 0.15) is 12.4 Å². The molecule has 0 fully saturated rings. The van der Waals surface area contributed by atoms with Gasteiger partial charge < -0.3 is 10.1 Å². The van der Waals surface area contributed by atoms with E-state index >= 15 is 0 Å². The van der Waals surface area contributed by atoms with Gasteiger partial charge in [-0.15, -0.1) is 12.4 Å². The van der Waals surface area contributed by atoms with Crippen molar-refractivity contribution in [2.75, 3.05) is 6.54 Å². The maximum Gasteiger partial charge on any atom is 0.134 e. The highest BCUT2D eigenvalue weighted by molar-refractivity contribution is 9.10. The average molecular weight is 427 g/mol. The standard InChI is InChI=1S/C21H28BrNO.ClH/c1-2-3-4-5-9-14-23-16-19-12-13-21(20(22)15-19)24-17-18-10-7-6-8-11-18;/h6-8,10-13,15,23H,2-5,9,14,16-17H2,1H3;1H. The number of rotatable bonds is 11. The number of hydrogen-bond donors (Lipinski definition) is 1. The summed E-state index contributed by atoms with van der Waals surface area (Å²) < 4.78 is 6.91. The van der Waals surface area contributed by atoms with Crippen LogP contribution in [-0.4, -0.2) is 6.54 Å².